The van der Waals surface area contributed by atoms with Gasteiger partial charge in [-0.05, 0) is 37.8 Å². The summed E-state index contributed by atoms with van der Waals surface area (Å²) >= 11 is 0. The number of carbonyl (C=O) groups excluding carboxylic acids is 2. The molecule has 4 amide bonds. The van der Waals surface area contributed by atoms with Crippen molar-refractivity contribution in [2.24, 2.45) is 0 Å². The summed E-state index contributed by atoms with van der Waals surface area (Å²) in [6, 6.07) is 10.8. The van der Waals surface area contributed by atoms with Gasteiger partial charge in [-0.15, -0.1) is 0 Å². The molecule has 2 aromatic rings. The number of carboxylic acid groups (broad SMARTS) is 2. The van der Waals surface area contributed by atoms with E-state index in [9.17, 15) is 19.2 Å². The summed E-state index contributed by atoms with van der Waals surface area (Å²) in [6.07, 6.45) is 19.4. The van der Waals surface area contributed by atoms with Crippen molar-refractivity contribution in [3.63, 3.8) is 0 Å². The summed E-state index contributed by atoms with van der Waals surface area (Å²) in [4.78, 5) is 46.2. The maximum atomic E-state index is 12.6. The van der Waals surface area contributed by atoms with Gasteiger partial charge in [0.05, 0.1) is 11.4 Å². The van der Waals surface area contributed by atoms with Crippen LogP contribution in [0.25, 0.3) is 10.8 Å². The zero-order valence-electron chi connectivity index (χ0n) is 27.5. The summed E-state index contributed by atoms with van der Waals surface area (Å²) in [7, 11) is 0. The summed E-state index contributed by atoms with van der Waals surface area (Å²) in [5.41, 5.74) is 1.37. The fourth-order valence-electron chi connectivity index (χ4n) is 5.54. The molecule has 256 valence electrons. The smallest absolute Gasteiger partial charge is 0.319 e. The van der Waals surface area contributed by atoms with E-state index < -0.39 is 11.9 Å². The molecule has 2 rings (SSSR count). The summed E-state index contributed by atoms with van der Waals surface area (Å²) in [5, 5.41) is 30.8. The fraction of sp³-hybridized carbons (Fsp3) is 0.611. The van der Waals surface area contributed by atoms with Crippen LogP contribution in [0.1, 0.15) is 128 Å². The van der Waals surface area contributed by atoms with E-state index in [0.29, 0.717) is 24.5 Å². The highest BCUT2D eigenvalue weighted by atomic mass is 16.4. The number of unbranched alkanes of at least 4 members (excludes halogenated alkanes) is 16. The highest BCUT2D eigenvalue weighted by Crippen LogP contribution is 2.29. The maximum Gasteiger partial charge on any atom is 0.319 e. The van der Waals surface area contributed by atoms with Crippen molar-refractivity contribution < 1.29 is 29.4 Å². The van der Waals surface area contributed by atoms with E-state index in [2.05, 4.69) is 21.3 Å². The third-order valence-corrected chi connectivity index (χ3v) is 8.12. The Morgan fingerprint density at radius 1 is 0.435 bits per heavy atom. The van der Waals surface area contributed by atoms with E-state index in [1.165, 1.54) is 12.8 Å². The first kappa shape index (κ1) is 38.4. The van der Waals surface area contributed by atoms with Gasteiger partial charge in [0.2, 0.25) is 0 Å². The van der Waals surface area contributed by atoms with Crippen LogP contribution in [0.2, 0.25) is 0 Å². The number of benzene rings is 2. The first-order chi connectivity index (χ1) is 22.4. The van der Waals surface area contributed by atoms with Gasteiger partial charge >= 0.3 is 24.0 Å². The molecule has 0 saturated heterocycles. The Bertz CT molecular complexity index is 1100. The van der Waals surface area contributed by atoms with E-state index in [1.54, 1.807) is 0 Å². The highest BCUT2D eigenvalue weighted by Gasteiger charge is 2.10. The lowest BCUT2D eigenvalue weighted by atomic mass is 10.1. The third kappa shape index (κ3) is 18.2. The van der Waals surface area contributed by atoms with Crippen molar-refractivity contribution in [3.8, 4) is 0 Å². The van der Waals surface area contributed by atoms with Gasteiger partial charge < -0.3 is 31.5 Å². The van der Waals surface area contributed by atoms with Crippen LogP contribution in [-0.2, 0) is 9.59 Å². The number of urea groups is 2. The quantitative estimate of drug-likeness (QED) is 0.0563. The van der Waals surface area contributed by atoms with Gasteiger partial charge in [0, 0.05) is 36.7 Å². The molecule has 10 heteroatoms. The molecule has 2 aromatic carbocycles. The monoisotopic (exact) mass is 640 g/mol. The standard InChI is InChI=1S/C36H56N4O6/c41-33(42)25-15-11-7-3-1-5-9-13-17-27-37-35(45)39-31-23-19-22-30-29(31)21-20-24-32(30)40-36(46)38-28-18-14-10-6-2-4-8-12-16-26-34(43)44/h19-24H,1-18,25-28H2,(H,41,42)(H,43,44)(H2,37,39,45)(H2,38,40,46). The Kier molecular flexibility index (Phi) is 20.4. The number of carbonyl (C=O) groups is 4. The number of hydrogen-bond donors (Lipinski definition) is 6. The minimum Gasteiger partial charge on any atom is -0.481 e. The molecule has 0 aromatic heterocycles. The molecule has 0 aliphatic carbocycles. The van der Waals surface area contributed by atoms with E-state index in [0.717, 1.165) is 114 Å². The Balaban J connectivity index is 1.59. The molecule has 0 heterocycles. The van der Waals surface area contributed by atoms with Gasteiger partial charge in [0.15, 0.2) is 0 Å². The molecule has 46 heavy (non-hydrogen) atoms. The topological polar surface area (TPSA) is 157 Å². The first-order valence-electron chi connectivity index (χ1n) is 17.4. The molecule has 0 aliphatic rings. The highest BCUT2D eigenvalue weighted by molar-refractivity contribution is 6.08. The van der Waals surface area contributed by atoms with Gasteiger partial charge in [-0.2, -0.15) is 0 Å². The van der Waals surface area contributed by atoms with Crippen LogP contribution < -0.4 is 21.3 Å². The summed E-state index contributed by atoms with van der Waals surface area (Å²) in [5.74, 6) is -1.43. The zero-order chi connectivity index (χ0) is 33.2. The molecule has 6 N–H and O–H groups in total. The lowest BCUT2D eigenvalue weighted by Crippen LogP contribution is -2.30. The minimum absolute atomic E-state index is 0.249. The predicted octanol–water partition coefficient (Wildman–Crippen LogP) is 9.05. The number of fused-ring (bicyclic) bond motifs is 1. The van der Waals surface area contributed by atoms with Crippen LogP contribution in [0.5, 0.6) is 0 Å². The molecule has 0 radical (unpaired) electrons. The molecule has 0 atom stereocenters. The van der Waals surface area contributed by atoms with E-state index in [1.807, 2.05) is 36.4 Å². The minimum atomic E-state index is -0.714. The second kappa shape index (κ2) is 24.4. The van der Waals surface area contributed by atoms with Crippen molar-refractivity contribution in [1.29, 1.82) is 0 Å². The van der Waals surface area contributed by atoms with Crippen LogP contribution >= 0.6 is 0 Å². The lowest BCUT2D eigenvalue weighted by Gasteiger charge is -2.13. The van der Waals surface area contributed by atoms with Crippen molar-refractivity contribution in [3.05, 3.63) is 36.4 Å². The van der Waals surface area contributed by atoms with E-state index in [4.69, 9.17) is 10.2 Å². The van der Waals surface area contributed by atoms with Gasteiger partial charge in [-0.3, -0.25) is 9.59 Å². The normalized spacial score (nSPS) is 10.9. The molecule has 0 fully saturated rings. The van der Waals surface area contributed by atoms with Crippen molar-refractivity contribution >= 4 is 46.1 Å². The number of aliphatic carboxylic acids is 2. The predicted molar refractivity (Wildman–Crippen MR) is 186 cm³/mol. The van der Waals surface area contributed by atoms with E-state index in [-0.39, 0.29) is 24.9 Å². The Morgan fingerprint density at radius 3 is 1.07 bits per heavy atom. The largest absolute Gasteiger partial charge is 0.481 e. The molecule has 10 nitrogen and oxygen atoms in total. The second-order valence-electron chi connectivity index (χ2n) is 12.1. The average Bonchev–Trinajstić information content (AvgIpc) is 3.02. The molecule has 0 aliphatic heterocycles. The Hall–Kier alpha value is -3.82. The Labute approximate surface area is 274 Å². The molecular weight excluding hydrogens is 584 g/mol. The fourth-order valence-corrected chi connectivity index (χ4v) is 5.54. The molecule has 0 spiro atoms. The third-order valence-electron chi connectivity index (χ3n) is 8.12. The summed E-state index contributed by atoms with van der Waals surface area (Å²) in [6.45, 7) is 1.21. The molecule has 0 unspecified atom stereocenters. The second-order valence-corrected chi connectivity index (χ2v) is 12.1. The number of hydrogen-bond acceptors (Lipinski definition) is 4. The van der Waals surface area contributed by atoms with Gasteiger partial charge in [-0.25, -0.2) is 9.59 Å². The van der Waals surface area contributed by atoms with Gasteiger partial charge in [0.1, 0.15) is 0 Å². The van der Waals surface area contributed by atoms with Crippen LogP contribution in [-0.4, -0.2) is 47.3 Å². The molecule has 0 bridgehead atoms. The molecular formula is C36H56N4O6. The lowest BCUT2D eigenvalue weighted by molar-refractivity contribution is -0.138. The van der Waals surface area contributed by atoms with Crippen LogP contribution in [0, 0.1) is 0 Å². The average molecular weight is 641 g/mol. The number of rotatable bonds is 26. The van der Waals surface area contributed by atoms with Crippen LogP contribution in [0.15, 0.2) is 36.4 Å². The maximum absolute atomic E-state index is 12.6. The number of amides is 4. The SMILES string of the molecule is O=C(O)CCCCCCCCCCCNC(=O)Nc1cccc2c(NC(=O)NCCCCCCCCCCCC(=O)O)cccc12. The Morgan fingerprint density at radius 2 is 0.739 bits per heavy atom. The number of nitrogens with one attached hydrogen (secondary N) is 4. The van der Waals surface area contributed by atoms with Crippen molar-refractivity contribution in [1.82, 2.24) is 10.6 Å². The van der Waals surface area contributed by atoms with E-state index >= 15 is 0 Å². The van der Waals surface area contributed by atoms with Crippen LogP contribution in [0.3, 0.4) is 0 Å². The van der Waals surface area contributed by atoms with Gasteiger partial charge in [-0.1, -0.05) is 114 Å². The first-order valence-corrected chi connectivity index (χ1v) is 17.4. The van der Waals surface area contributed by atoms with Crippen LogP contribution in [0.4, 0.5) is 21.0 Å². The zero-order valence-corrected chi connectivity index (χ0v) is 27.5. The van der Waals surface area contributed by atoms with Crippen molar-refractivity contribution in [2.45, 2.75) is 128 Å². The summed E-state index contributed by atoms with van der Waals surface area (Å²) < 4.78 is 0. The number of anilines is 2. The molecule has 0 saturated carbocycles. The van der Waals surface area contributed by atoms with Gasteiger partial charge in [0.25, 0.3) is 0 Å². The van der Waals surface area contributed by atoms with Crippen molar-refractivity contribution in [2.75, 3.05) is 23.7 Å². The number of carboxylic acids is 2.